The molecular weight excluding hydrogens is 322 g/mol. The number of hydrogen-bond donors (Lipinski definition) is 1. The zero-order chi connectivity index (χ0) is 17.4. The minimum absolute atomic E-state index is 0.233. The second kappa shape index (κ2) is 6.14. The lowest BCUT2D eigenvalue weighted by Crippen LogP contribution is -2.36. The number of carbonyl (C=O) groups excluding carboxylic acids is 1. The SMILES string of the molecule is O=C(NC1(c2cc(F)ccc2F)CC1)c1ccccc1N1CCCC1. The quantitative estimate of drug-likeness (QED) is 0.911. The van der Waals surface area contributed by atoms with Crippen molar-refractivity contribution in [3.05, 3.63) is 65.2 Å². The molecule has 1 heterocycles. The molecule has 0 atom stereocenters. The van der Waals surface area contributed by atoms with Crippen molar-refractivity contribution in [1.29, 1.82) is 0 Å². The monoisotopic (exact) mass is 342 g/mol. The molecule has 2 aromatic rings. The van der Waals surface area contributed by atoms with Crippen LogP contribution in [-0.2, 0) is 5.54 Å². The molecule has 1 N–H and O–H groups in total. The second-order valence-corrected chi connectivity index (χ2v) is 6.87. The topological polar surface area (TPSA) is 32.3 Å². The number of para-hydroxylation sites is 1. The van der Waals surface area contributed by atoms with Gasteiger partial charge in [0.1, 0.15) is 11.6 Å². The number of halogens is 2. The number of benzene rings is 2. The van der Waals surface area contributed by atoms with E-state index in [1.165, 1.54) is 6.07 Å². The van der Waals surface area contributed by atoms with Gasteiger partial charge in [-0.1, -0.05) is 12.1 Å². The van der Waals surface area contributed by atoms with E-state index in [0.717, 1.165) is 43.8 Å². The van der Waals surface area contributed by atoms with E-state index in [1.54, 1.807) is 6.07 Å². The van der Waals surface area contributed by atoms with Gasteiger partial charge in [-0.2, -0.15) is 0 Å². The van der Waals surface area contributed by atoms with E-state index in [9.17, 15) is 13.6 Å². The highest BCUT2D eigenvalue weighted by Gasteiger charge is 2.48. The summed E-state index contributed by atoms with van der Waals surface area (Å²) in [5, 5.41) is 2.96. The Morgan fingerprint density at radius 2 is 1.76 bits per heavy atom. The van der Waals surface area contributed by atoms with Gasteiger partial charge in [-0.3, -0.25) is 4.79 Å². The largest absolute Gasteiger partial charge is 0.371 e. The Kier molecular flexibility index (Phi) is 3.94. The summed E-state index contributed by atoms with van der Waals surface area (Å²) in [5.41, 5.74) is 0.946. The fourth-order valence-electron chi connectivity index (χ4n) is 3.63. The lowest BCUT2D eigenvalue weighted by atomic mass is 10.0. The van der Waals surface area contributed by atoms with Gasteiger partial charge in [-0.25, -0.2) is 8.78 Å². The van der Waals surface area contributed by atoms with Crippen LogP contribution in [-0.4, -0.2) is 19.0 Å². The first-order valence-corrected chi connectivity index (χ1v) is 8.71. The molecule has 2 fully saturated rings. The Labute approximate surface area is 145 Å². The molecule has 4 rings (SSSR count). The summed E-state index contributed by atoms with van der Waals surface area (Å²) in [6.45, 7) is 1.88. The van der Waals surface area contributed by atoms with Crippen LogP contribution in [0.5, 0.6) is 0 Å². The molecule has 2 aromatic carbocycles. The minimum Gasteiger partial charge on any atom is -0.371 e. The number of rotatable bonds is 4. The van der Waals surface area contributed by atoms with Gasteiger partial charge < -0.3 is 10.2 Å². The number of amides is 1. The Balaban J connectivity index is 1.61. The summed E-state index contributed by atoms with van der Waals surface area (Å²) in [6, 6.07) is 10.9. The number of nitrogens with one attached hydrogen (secondary N) is 1. The molecule has 130 valence electrons. The van der Waals surface area contributed by atoms with Crippen LogP contribution in [0.25, 0.3) is 0 Å². The number of hydrogen-bond acceptors (Lipinski definition) is 2. The van der Waals surface area contributed by atoms with Gasteiger partial charge in [-0.15, -0.1) is 0 Å². The van der Waals surface area contributed by atoms with E-state index in [-0.39, 0.29) is 11.5 Å². The van der Waals surface area contributed by atoms with Crippen molar-refractivity contribution in [2.45, 2.75) is 31.2 Å². The summed E-state index contributed by atoms with van der Waals surface area (Å²) in [4.78, 5) is 15.1. The average Bonchev–Trinajstić information content (AvgIpc) is 3.18. The zero-order valence-corrected chi connectivity index (χ0v) is 13.9. The highest BCUT2D eigenvalue weighted by molar-refractivity contribution is 6.00. The minimum atomic E-state index is -0.790. The van der Waals surface area contributed by atoms with Crippen LogP contribution in [0.15, 0.2) is 42.5 Å². The van der Waals surface area contributed by atoms with Crippen LogP contribution in [0.4, 0.5) is 14.5 Å². The Bertz CT molecular complexity index is 811. The Morgan fingerprint density at radius 3 is 2.48 bits per heavy atom. The van der Waals surface area contributed by atoms with Crippen LogP contribution in [0.1, 0.15) is 41.6 Å². The molecule has 0 spiro atoms. The number of nitrogens with zero attached hydrogens (tertiary/aromatic N) is 1. The molecule has 0 bridgehead atoms. The van der Waals surface area contributed by atoms with Crippen molar-refractivity contribution < 1.29 is 13.6 Å². The van der Waals surface area contributed by atoms with Gasteiger partial charge >= 0.3 is 0 Å². The molecule has 2 aliphatic rings. The van der Waals surface area contributed by atoms with Gasteiger partial charge in [0.05, 0.1) is 11.1 Å². The van der Waals surface area contributed by atoms with E-state index in [0.29, 0.717) is 18.4 Å². The Hall–Kier alpha value is -2.43. The maximum atomic E-state index is 14.2. The first kappa shape index (κ1) is 16.1. The van der Waals surface area contributed by atoms with Gasteiger partial charge in [-0.05, 0) is 56.0 Å². The van der Waals surface area contributed by atoms with E-state index in [2.05, 4.69) is 10.2 Å². The van der Waals surface area contributed by atoms with Gasteiger partial charge in [0, 0.05) is 24.3 Å². The van der Waals surface area contributed by atoms with Crippen LogP contribution in [0.2, 0.25) is 0 Å². The molecule has 1 aliphatic carbocycles. The second-order valence-electron chi connectivity index (χ2n) is 6.87. The molecule has 1 aliphatic heterocycles. The summed E-state index contributed by atoms with van der Waals surface area (Å²) in [6.07, 6.45) is 3.47. The molecule has 0 unspecified atom stereocenters. The molecule has 1 saturated heterocycles. The first-order valence-electron chi connectivity index (χ1n) is 8.71. The maximum Gasteiger partial charge on any atom is 0.254 e. The van der Waals surface area contributed by atoms with Crippen LogP contribution in [0.3, 0.4) is 0 Å². The lowest BCUT2D eigenvalue weighted by Gasteiger charge is -2.23. The van der Waals surface area contributed by atoms with Crippen LogP contribution >= 0.6 is 0 Å². The van der Waals surface area contributed by atoms with Crippen molar-refractivity contribution in [2.24, 2.45) is 0 Å². The average molecular weight is 342 g/mol. The van der Waals surface area contributed by atoms with Crippen LogP contribution in [0, 0.1) is 11.6 Å². The summed E-state index contributed by atoms with van der Waals surface area (Å²) in [5.74, 6) is -1.20. The lowest BCUT2D eigenvalue weighted by molar-refractivity contribution is 0.0930. The van der Waals surface area contributed by atoms with Gasteiger partial charge in [0.25, 0.3) is 5.91 Å². The van der Waals surface area contributed by atoms with Crippen LogP contribution < -0.4 is 10.2 Å². The van der Waals surface area contributed by atoms with Gasteiger partial charge in [0.2, 0.25) is 0 Å². The van der Waals surface area contributed by atoms with E-state index in [1.807, 2.05) is 18.2 Å². The molecule has 1 saturated carbocycles. The highest BCUT2D eigenvalue weighted by atomic mass is 19.1. The third-order valence-corrected chi connectivity index (χ3v) is 5.14. The third kappa shape index (κ3) is 2.99. The van der Waals surface area contributed by atoms with Crippen molar-refractivity contribution in [3.63, 3.8) is 0 Å². The summed E-state index contributed by atoms with van der Waals surface area (Å²) < 4.78 is 27.7. The predicted octanol–water partition coefficient (Wildman–Crippen LogP) is 3.98. The summed E-state index contributed by atoms with van der Waals surface area (Å²) in [7, 11) is 0. The fourth-order valence-corrected chi connectivity index (χ4v) is 3.63. The zero-order valence-electron chi connectivity index (χ0n) is 13.9. The predicted molar refractivity (Wildman–Crippen MR) is 92.6 cm³/mol. The van der Waals surface area contributed by atoms with Crippen molar-refractivity contribution in [1.82, 2.24) is 5.32 Å². The third-order valence-electron chi connectivity index (χ3n) is 5.14. The molecule has 3 nitrogen and oxygen atoms in total. The number of anilines is 1. The molecule has 0 radical (unpaired) electrons. The molecular formula is C20H20F2N2O. The molecule has 0 aromatic heterocycles. The van der Waals surface area contributed by atoms with Crippen molar-refractivity contribution in [3.8, 4) is 0 Å². The fraction of sp³-hybridized carbons (Fsp3) is 0.350. The van der Waals surface area contributed by atoms with E-state index < -0.39 is 17.2 Å². The molecule has 5 heteroatoms. The normalized spacial score (nSPS) is 18.2. The molecule has 1 amide bonds. The Morgan fingerprint density at radius 1 is 1.04 bits per heavy atom. The highest BCUT2D eigenvalue weighted by Crippen LogP contribution is 2.47. The van der Waals surface area contributed by atoms with Crippen molar-refractivity contribution >= 4 is 11.6 Å². The van der Waals surface area contributed by atoms with E-state index >= 15 is 0 Å². The molecule has 25 heavy (non-hydrogen) atoms. The van der Waals surface area contributed by atoms with E-state index in [4.69, 9.17) is 0 Å². The standard InChI is InChI=1S/C20H20F2N2O/c21-14-7-8-17(22)16(13-14)20(9-10-20)23-19(25)15-5-1-2-6-18(15)24-11-3-4-12-24/h1-2,5-8,13H,3-4,9-12H2,(H,23,25). The van der Waals surface area contributed by atoms with Gasteiger partial charge in [0.15, 0.2) is 0 Å². The maximum absolute atomic E-state index is 14.2. The summed E-state index contributed by atoms with van der Waals surface area (Å²) >= 11 is 0. The number of carbonyl (C=O) groups is 1. The smallest absolute Gasteiger partial charge is 0.254 e. The first-order chi connectivity index (χ1) is 12.1. The van der Waals surface area contributed by atoms with Crippen molar-refractivity contribution in [2.75, 3.05) is 18.0 Å².